The molecule has 1 aliphatic carbocycles. The first-order valence-corrected chi connectivity index (χ1v) is 4.91. The molecule has 14 heavy (non-hydrogen) atoms. The van der Waals surface area contributed by atoms with Crippen molar-refractivity contribution in [2.45, 2.75) is 16.2 Å². The fourth-order valence-corrected chi connectivity index (χ4v) is 2.44. The molecule has 74 valence electrons. The molecule has 0 spiro atoms. The molecule has 4 heteroatoms. The van der Waals surface area contributed by atoms with E-state index < -0.39 is 15.7 Å². The van der Waals surface area contributed by atoms with Gasteiger partial charge in [0.05, 0.1) is 11.4 Å². The summed E-state index contributed by atoms with van der Waals surface area (Å²) >= 11 is 11.7. The summed E-state index contributed by atoms with van der Waals surface area (Å²) < 4.78 is -1.23. The van der Waals surface area contributed by atoms with Gasteiger partial charge in [0.25, 0.3) is 0 Å². The Morgan fingerprint density at radius 2 is 1.79 bits per heavy atom. The fourth-order valence-electron chi connectivity index (χ4n) is 1.66. The minimum absolute atomic E-state index is 0.204. The topological polar surface area (TPSA) is 40.1 Å². The van der Waals surface area contributed by atoms with Crippen LogP contribution in [0.3, 0.4) is 0 Å². The lowest BCUT2D eigenvalue weighted by Gasteiger charge is -2.19. The van der Waals surface area contributed by atoms with Gasteiger partial charge in [-0.3, -0.25) is 0 Å². The maximum absolute atomic E-state index is 11.0. The van der Waals surface area contributed by atoms with Crippen LogP contribution in [-0.2, 0) is 10.2 Å². The Hall–Kier alpha value is -0.730. The zero-order chi connectivity index (χ0) is 10.4. The molecule has 0 bridgehead atoms. The number of hydrogen-bond acceptors (Lipinski definition) is 2. The second-order valence-corrected chi connectivity index (χ2v) is 4.92. The Labute approximate surface area is 91.4 Å². The maximum Gasteiger partial charge on any atom is 0.134 e. The number of carboxylic acid groups (broad SMARTS) is 1. The standard InChI is InChI=1S/C10H8Cl2O2/c11-10(12)6-9(10,8(13)14)7-4-2-1-3-5-7/h1-5H,6H2,(H,13,14)/p-1. The fraction of sp³-hybridized carbons (Fsp3) is 0.300. The average molecular weight is 230 g/mol. The van der Waals surface area contributed by atoms with E-state index in [0.29, 0.717) is 5.56 Å². The van der Waals surface area contributed by atoms with E-state index in [2.05, 4.69) is 0 Å². The van der Waals surface area contributed by atoms with Crippen LogP contribution < -0.4 is 5.11 Å². The molecule has 0 aliphatic heterocycles. The van der Waals surface area contributed by atoms with E-state index >= 15 is 0 Å². The third-order valence-corrected chi connectivity index (χ3v) is 3.51. The summed E-state index contributed by atoms with van der Waals surface area (Å²) in [7, 11) is 0. The lowest BCUT2D eigenvalue weighted by molar-refractivity contribution is -0.309. The van der Waals surface area contributed by atoms with Crippen LogP contribution in [0.15, 0.2) is 30.3 Å². The minimum Gasteiger partial charge on any atom is -0.549 e. The number of carbonyl (C=O) groups excluding carboxylic acids is 1. The monoisotopic (exact) mass is 229 g/mol. The van der Waals surface area contributed by atoms with Gasteiger partial charge in [0.1, 0.15) is 4.33 Å². The highest BCUT2D eigenvalue weighted by atomic mass is 35.5. The molecule has 0 aromatic heterocycles. The third kappa shape index (κ3) is 1.14. The van der Waals surface area contributed by atoms with Crippen molar-refractivity contribution in [1.29, 1.82) is 0 Å². The van der Waals surface area contributed by atoms with Gasteiger partial charge in [-0.1, -0.05) is 30.3 Å². The predicted molar refractivity (Wildman–Crippen MR) is 52.2 cm³/mol. The lowest BCUT2D eigenvalue weighted by Crippen LogP contribution is -2.39. The van der Waals surface area contributed by atoms with Gasteiger partial charge >= 0.3 is 0 Å². The molecule has 2 nitrogen and oxygen atoms in total. The lowest BCUT2D eigenvalue weighted by atomic mass is 9.96. The highest BCUT2D eigenvalue weighted by Gasteiger charge is 2.68. The molecule has 0 radical (unpaired) electrons. The quantitative estimate of drug-likeness (QED) is 0.717. The molecular formula is C10H7Cl2O2-. The van der Waals surface area contributed by atoms with E-state index in [4.69, 9.17) is 23.2 Å². The normalized spacial score (nSPS) is 28.4. The first-order chi connectivity index (χ1) is 6.51. The van der Waals surface area contributed by atoms with E-state index in [0.717, 1.165) is 0 Å². The number of carboxylic acids is 1. The Morgan fingerprint density at radius 1 is 1.29 bits per heavy atom. The van der Waals surface area contributed by atoms with Gasteiger partial charge in [-0.05, 0) is 12.0 Å². The Morgan fingerprint density at radius 3 is 2.14 bits per heavy atom. The van der Waals surface area contributed by atoms with Crippen molar-refractivity contribution in [2.24, 2.45) is 0 Å². The van der Waals surface area contributed by atoms with Gasteiger partial charge in [0.2, 0.25) is 0 Å². The molecule has 2 rings (SSSR count). The first-order valence-electron chi connectivity index (χ1n) is 4.15. The smallest absolute Gasteiger partial charge is 0.134 e. The molecule has 0 heterocycles. The second kappa shape index (κ2) is 2.88. The average Bonchev–Trinajstić information content (AvgIpc) is 2.72. The second-order valence-electron chi connectivity index (χ2n) is 3.44. The maximum atomic E-state index is 11.0. The van der Waals surface area contributed by atoms with E-state index in [-0.39, 0.29) is 6.42 Å². The van der Waals surface area contributed by atoms with Crippen molar-refractivity contribution in [1.82, 2.24) is 0 Å². The molecule has 0 N–H and O–H groups in total. The molecule has 0 amide bonds. The van der Waals surface area contributed by atoms with Crippen LogP contribution in [0.4, 0.5) is 0 Å². The van der Waals surface area contributed by atoms with E-state index in [9.17, 15) is 9.90 Å². The molecule has 0 saturated heterocycles. The predicted octanol–water partition coefficient (Wildman–Crippen LogP) is 1.25. The van der Waals surface area contributed by atoms with Gasteiger partial charge in [0.15, 0.2) is 0 Å². The summed E-state index contributed by atoms with van der Waals surface area (Å²) in [6, 6.07) is 8.70. The molecular weight excluding hydrogens is 223 g/mol. The number of halogens is 2. The number of hydrogen-bond donors (Lipinski definition) is 0. The summed E-state index contributed by atoms with van der Waals surface area (Å²) in [6.07, 6.45) is 0.204. The molecule has 1 aromatic carbocycles. The van der Waals surface area contributed by atoms with Gasteiger partial charge in [-0.25, -0.2) is 0 Å². The van der Waals surface area contributed by atoms with Crippen molar-refractivity contribution >= 4 is 29.2 Å². The van der Waals surface area contributed by atoms with Crippen LogP contribution in [0.2, 0.25) is 0 Å². The Balaban J connectivity index is 2.47. The summed E-state index contributed by atoms with van der Waals surface area (Å²) in [6.45, 7) is 0. The van der Waals surface area contributed by atoms with Crippen molar-refractivity contribution < 1.29 is 9.90 Å². The van der Waals surface area contributed by atoms with E-state index in [1.807, 2.05) is 0 Å². The number of alkyl halides is 2. The Bertz CT molecular complexity index is 375. The highest BCUT2D eigenvalue weighted by molar-refractivity contribution is 6.54. The van der Waals surface area contributed by atoms with Crippen LogP contribution in [0.5, 0.6) is 0 Å². The number of rotatable bonds is 2. The summed E-state index contributed by atoms with van der Waals surface area (Å²) in [4.78, 5) is 11.0. The summed E-state index contributed by atoms with van der Waals surface area (Å²) in [5.74, 6) is -1.21. The van der Waals surface area contributed by atoms with Gasteiger partial charge < -0.3 is 9.90 Å². The summed E-state index contributed by atoms with van der Waals surface area (Å²) in [5.41, 5.74) is -0.623. The van der Waals surface area contributed by atoms with Crippen LogP contribution >= 0.6 is 23.2 Å². The van der Waals surface area contributed by atoms with Gasteiger partial charge in [-0.15, -0.1) is 23.2 Å². The number of aliphatic carboxylic acids is 1. The zero-order valence-electron chi connectivity index (χ0n) is 7.17. The third-order valence-electron chi connectivity index (χ3n) is 2.60. The molecule has 1 aliphatic rings. The van der Waals surface area contributed by atoms with Gasteiger partial charge in [-0.2, -0.15) is 0 Å². The van der Waals surface area contributed by atoms with Gasteiger partial charge in [0, 0.05) is 0 Å². The summed E-state index contributed by atoms with van der Waals surface area (Å²) in [5, 5.41) is 11.0. The zero-order valence-corrected chi connectivity index (χ0v) is 8.68. The molecule has 1 fully saturated rings. The van der Waals surface area contributed by atoms with Crippen LogP contribution in [-0.4, -0.2) is 10.3 Å². The van der Waals surface area contributed by atoms with Crippen LogP contribution in [0.1, 0.15) is 12.0 Å². The van der Waals surface area contributed by atoms with E-state index in [1.165, 1.54) is 0 Å². The minimum atomic E-state index is -1.23. The largest absolute Gasteiger partial charge is 0.549 e. The highest BCUT2D eigenvalue weighted by Crippen LogP contribution is 2.64. The molecule has 1 atom stereocenters. The number of benzene rings is 1. The van der Waals surface area contributed by atoms with Crippen molar-refractivity contribution in [2.75, 3.05) is 0 Å². The van der Waals surface area contributed by atoms with E-state index in [1.54, 1.807) is 30.3 Å². The Kier molecular flexibility index (Phi) is 2.02. The molecule has 1 saturated carbocycles. The van der Waals surface area contributed by atoms with Crippen molar-refractivity contribution in [3.8, 4) is 0 Å². The molecule has 1 aromatic rings. The molecule has 1 unspecified atom stereocenters. The van der Waals surface area contributed by atoms with Crippen LogP contribution in [0, 0.1) is 0 Å². The first kappa shape index (κ1) is 9.81. The SMILES string of the molecule is O=C([O-])C1(c2ccccc2)CC1(Cl)Cl. The van der Waals surface area contributed by atoms with Crippen molar-refractivity contribution in [3.63, 3.8) is 0 Å². The number of carbonyl (C=O) groups is 1. The van der Waals surface area contributed by atoms with Crippen LogP contribution in [0.25, 0.3) is 0 Å². The van der Waals surface area contributed by atoms with Crippen molar-refractivity contribution in [3.05, 3.63) is 35.9 Å².